The first-order valence-corrected chi connectivity index (χ1v) is 15.9. The zero-order chi connectivity index (χ0) is 31.8. The quantitative estimate of drug-likeness (QED) is 0.202. The summed E-state index contributed by atoms with van der Waals surface area (Å²) in [4.78, 5) is 11.9. The van der Waals surface area contributed by atoms with Crippen LogP contribution in [-0.2, 0) is 19.5 Å². The summed E-state index contributed by atoms with van der Waals surface area (Å²) in [5.74, 6) is 3.97. The minimum absolute atomic E-state index is 0.0737. The van der Waals surface area contributed by atoms with Crippen LogP contribution < -0.4 is 29.0 Å². The summed E-state index contributed by atoms with van der Waals surface area (Å²) in [6.45, 7) is 7.33. The standard InChI is InChI=1S/C37H39N5O4/c1-23-12-14-42(35-16-24(2)39-37(40-35)38-20-25-8-6-5-7-9-25)22-34(23)46-36-29-21-41-15-13-27-18-33(45-4)31(43)19-28(27)30(41)17-26(29)10-11-32(36)44-3/h5-11,16-19,21,23,34H,12-15,20,22H2,1-4H3,(H-,38,39,40,43)/p+1. The van der Waals surface area contributed by atoms with Crippen LogP contribution in [0.25, 0.3) is 22.0 Å². The number of fused-ring (bicyclic) bond motifs is 4. The third-order valence-corrected chi connectivity index (χ3v) is 9.22. The van der Waals surface area contributed by atoms with Crippen LogP contribution in [0.1, 0.15) is 30.2 Å². The molecule has 2 atom stereocenters. The lowest BCUT2D eigenvalue weighted by Gasteiger charge is -2.38. The lowest BCUT2D eigenvalue weighted by molar-refractivity contribution is -0.686. The summed E-state index contributed by atoms with van der Waals surface area (Å²) >= 11 is 0. The van der Waals surface area contributed by atoms with Crippen molar-refractivity contribution in [3.05, 3.63) is 89.7 Å². The number of rotatable bonds is 8. The highest BCUT2D eigenvalue weighted by molar-refractivity contribution is 5.91. The van der Waals surface area contributed by atoms with Gasteiger partial charge in [-0.15, -0.1) is 0 Å². The Morgan fingerprint density at radius 2 is 1.83 bits per heavy atom. The number of benzene rings is 3. The van der Waals surface area contributed by atoms with Gasteiger partial charge in [0.15, 0.2) is 35.7 Å². The van der Waals surface area contributed by atoms with Crippen molar-refractivity contribution in [3.8, 4) is 34.3 Å². The summed E-state index contributed by atoms with van der Waals surface area (Å²) in [7, 11) is 3.27. The highest BCUT2D eigenvalue weighted by Gasteiger charge is 2.32. The van der Waals surface area contributed by atoms with Gasteiger partial charge in [-0.05, 0) is 60.0 Å². The number of piperidine rings is 1. The molecule has 4 heterocycles. The number of pyridine rings is 1. The fourth-order valence-corrected chi connectivity index (χ4v) is 6.59. The first-order chi connectivity index (χ1) is 22.4. The maximum atomic E-state index is 10.5. The molecule has 2 aromatic heterocycles. The van der Waals surface area contributed by atoms with E-state index < -0.39 is 0 Å². The Hall–Kier alpha value is -5.05. The van der Waals surface area contributed by atoms with E-state index in [-0.39, 0.29) is 11.9 Å². The molecule has 46 heavy (non-hydrogen) atoms. The lowest BCUT2D eigenvalue weighted by atomic mass is 9.94. The number of aryl methyl sites for hydroxylation is 3. The molecule has 0 spiro atoms. The van der Waals surface area contributed by atoms with Crippen LogP contribution in [0.15, 0.2) is 72.9 Å². The van der Waals surface area contributed by atoms with E-state index in [1.54, 1.807) is 14.2 Å². The van der Waals surface area contributed by atoms with Crippen molar-refractivity contribution in [1.82, 2.24) is 9.97 Å². The SMILES string of the molecule is COc1cc2c(cc1O)-c1cc3ccc(OC)c(OC4CN(c5cc(C)nc(NCc6ccccc6)n5)CCC4C)c3c[n+]1CC2. The summed E-state index contributed by atoms with van der Waals surface area (Å²) in [6.07, 6.45) is 3.90. The molecule has 0 radical (unpaired) electrons. The van der Waals surface area contributed by atoms with Gasteiger partial charge in [-0.25, -0.2) is 4.98 Å². The molecular formula is C37H40N5O4+. The van der Waals surface area contributed by atoms with Crippen LogP contribution in [-0.4, -0.2) is 48.5 Å². The summed E-state index contributed by atoms with van der Waals surface area (Å²) in [6, 6.07) is 22.3. The van der Waals surface area contributed by atoms with Crippen molar-refractivity contribution >= 4 is 22.5 Å². The number of aromatic nitrogens is 3. The zero-order valence-electron chi connectivity index (χ0n) is 26.8. The van der Waals surface area contributed by atoms with Crippen molar-refractivity contribution in [3.63, 3.8) is 0 Å². The predicted molar refractivity (Wildman–Crippen MR) is 179 cm³/mol. The molecule has 7 rings (SSSR count). The fourth-order valence-electron chi connectivity index (χ4n) is 6.59. The van der Waals surface area contributed by atoms with Gasteiger partial charge in [0, 0.05) is 37.3 Å². The Morgan fingerprint density at radius 3 is 2.63 bits per heavy atom. The topological polar surface area (TPSA) is 92.9 Å². The number of hydrogen-bond acceptors (Lipinski definition) is 8. The highest BCUT2D eigenvalue weighted by atomic mass is 16.5. The second kappa shape index (κ2) is 12.4. The minimum Gasteiger partial charge on any atom is -0.504 e. The lowest BCUT2D eigenvalue weighted by Crippen LogP contribution is -2.46. The number of hydrogen-bond donors (Lipinski definition) is 2. The molecule has 0 bridgehead atoms. The van der Waals surface area contributed by atoms with Gasteiger partial charge in [-0.1, -0.05) is 37.3 Å². The fraction of sp³-hybridized carbons (Fsp3) is 0.324. The van der Waals surface area contributed by atoms with E-state index in [2.05, 4.69) is 57.2 Å². The van der Waals surface area contributed by atoms with Gasteiger partial charge in [-0.3, -0.25) is 0 Å². The van der Waals surface area contributed by atoms with E-state index in [9.17, 15) is 5.11 Å². The molecule has 0 aliphatic carbocycles. The van der Waals surface area contributed by atoms with Gasteiger partial charge in [0.05, 0.1) is 31.7 Å². The van der Waals surface area contributed by atoms with E-state index >= 15 is 0 Å². The van der Waals surface area contributed by atoms with Crippen LogP contribution in [0.5, 0.6) is 23.0 Å². The predicted octanol–water partition coefficient (Wildman–Crippen LogP) is 6.08. The molecule has 1 saturated heterocycles. The maximum Gasteiger partial charge on any atom is 0.225 e. The Morgan fingerprint density at radius 1 is 1.00 bits per heavy atom. The van der Waals surface area contributed by atoms with Crippen molar-refractivity contribution in [2.45, 2.75) is 45.9 Å². The van der Waals surface area contributed by atoms with Gasteiger partial charge in [0.25, 0.3) is 0 Å². The smallest absolute Gasteiger partial charge is 0.225 e. The van der Waals surface area contributed by atoms with E-state index in [1.807, 2.05) is 49.4 Å². The van der Waals surface area contributed by atoms with Crippen LogP contribution in [0.2, 0.25) is 0 Å². The van der Waals surface area contributed by atoms with Crippen LogP contribution in [0, 0.1) is 12.8 Å². The van der Waals surface area contributed by atoms with E-state index in [1.165, 1.54) is 5.56 Å². The summed E-state index contributed by atoms with van der Waals surface area (Å²) < 4.78 is 20.4. The normalized spacial score (nSPS) is 17.3. The average molecular weight is 619 g/mol. The first-order valence-electron chi connectivity index (χ1n) is 15.9. The molecule has 2 N–H and O–H groups in total. The molecule has 0 saturated carbocycles. The van der Waals surface area contributed by atoms with Crippen LogP contribution >= 0.6 is 0 Å². The minimum atomic E-state index is -0.0737. The molecule has 5 aromatic rings. The molecule has 2 unspecified atom stereocenters. The second-order valence-corrected chi connectivity index (χ2v) is 12.3. The number of phenolic OH excluding ortho intramolecular Hbond substituents is 1. The average Bonchev–Trinajstić information content (AvgIpc) is 3.07. The van der Waals surface area contributed by atoms with Gasteiger partial charge < -0.3 is 29.5 Å². The Bertz CT molecular complexity index is 1900. The number of methoxy groups -OCH3 is 2. The molecule has 1 fully saturated rings. The Kier molecular flexibility index (Phi) is 7.98. The number of aromatic hydroxyl groups is 1. The summed E-state index contributed by atoms with van der Waals surface area (Å²) in [5.41, 5.74) is 5.33. The molecule has 9 nitrogen and oxygen atoms in total. The van der Waals surface area contributed by atoms with Gasteiger partial charge in [0.2, 0.25) is 11.6 Å². The van der Waals surface area contributed by atoms with E-state index in [0.29, 0.717) is 36.5 Å². The number of ether oxygens (including phenoxy) is 3. The zero-order valence-corrected chi connectivity index (χ0v) is 26.8. The largest absolute Gasteiger partial charge is 0.504 e. The van der Waals surface area contributed by atoms with Gasteiger partial charge >= 0.3 is 0 Å². The highest BCUT2D eigenvalue weighted by Crippen LogP contribution is 2.41. The number of anilines is 2. The molecule has 0 amide bonds. The number of nitrogens with one attached hydrogen (secondary N) is 1. The van der Waals surface area contributed by atoms with Crippen LogP contribution in [0.3, 0.4) is 0 Å². The molecule has 3 aromatic carbocycles. The van der Waals surface area contributed by atoms with Crippen molar-refractivity contribution in [2.75, 3.05) is 37.5 Å². The van der Waals surface area contributed by atoms with Crippen molar-refractivity contribution in [2.24, 2.45) is 5.92 Å². The molecule has 236 valence electrons. The van der Waals surface area contributed by atoms with E-state index in [4.69, 9.17) is 19.2 Å². The third-order valence-electron chi connectivity index (χ3n) is 9.22. The first kappa shape index (κ1) is 29.6. The van der Waals surface area contributed by atoms with E-state index in [0.717, 1.165) is 70.8 Å². The van der Waals surface area contributed by atoms with Crippen LogP contribution in [0.4, 0.5) is 11.8 Å². The van der Waals surface area contributed by atoms with Crippen molar-refractivity contribution < 1.29 is 23.9 Å². The number of nitrogens with zero attached hydrogens (tertiary/aromatic N) is 4. The van der Waals surface area contributed by atoms with Gasteiger partial charge in [-0.2, -0.15) is 9.55 Å². The van der Waals surface area contributed by atoms with Crippen molar-refractivity contribution in [1.29, 1.82) is 0 Å². The monoisotopic (exact) mass is 618 g/mol. The molecule has 2 aliphatic rings. The second-order valence-electron chi connectivity index (χ2n) is 12.3. The Labute approximate surface area is 269 Å². The van der Waals surface area contributed by atoms with Gasteiger partial charge in [0.1, 0.15) is 11.9 Å². The summed E-state index contributed by atoms with van der Waals surface area (Å²) in [5, 5.41) is 16.0. The molecule has 9 heteroatoms. The number of phenols is 1. The maximum absolute atomic E-state index is 10.5. The third kappa shape index (κ3) is 5.73. The molecule has 2 aliphatic heterocycles. The Balaban J connectivity index is 1.17. The molecular weight excluding hydrogens is 578 g/mol.